The van der Waals surface area contributed by atoms with Gasteiger partial charge in [0.05, 0.1) is 17.2 Å². The van der Waals surface area contributed by atoms with Gasteiger partial charge in [-0.1, -0.05) is 23.4 Å². The molecule has 160 valence electrons. The second-order valence-electron chi connectivity index (χ2n) is 6.26. The van der Waals surface area contributed by atoms with E-state index >= 15 is 0 Å². The average molecular weight is 483 g/mol. The predicted octanol–water partition coefficient (Wildman–Crippen LogP) is 2.54. The lowest BCUT2D eigenvalue weighted by atomic mass is 9.93. The molecule has 0 spiro atoms. The van der Waals surface area contributed by atoms with Gasteiger partial charge in [0, 0.05) is 12.4 Å². The van der Waals surface area contributed by atoms with E-state index in [4.69, 9.17) is 23.2 Å². The van der Waals surface area contributed by atoms with Gasteiger partial charge >= 0.3 is 0 Å². The Morgan fingerprint density at radius 1 is 1.19 bits per heavy atom. The molecule has 2 aromatic heterocycles. The number of thioether (sulfide) groups is 1. The van der Waals surface area contributed by atoms with Crippen LogP contribution in [0.25, 0.3) is 0 Å². The summed E-state index contributed by atoms with van der Waals surface area (Å²) in [4.78, 5) is 57.7. The number of hydrogen-bond acceptors (Lipinski definition) is 9. The molecule has 3 heterocycles. The minimum Gasteiger partial charge on any atom is -0.291 e. The van der Waals surface area contributed by atoms with Crippen LogP contribution < -0.4 is 0 Å². The van der Waals surface area contributed by atoms with Gasteiger partial charge in [-0.3, -0.25) is 14.5 Å². The van der Waals surface area contributed by atoms with Crippen LogP contribution in [0.3, 0.4) is 0 Å². The highest BCUT2D eigenvalue weighted by Gasteiger charge is 2.41. The number of carbonyl (C=O) groups excluding carboxylic acids is 3. The number of ketones is 1. The van der Waals surface area contributed by atoms with E-state index in [1.165, 1.54) is 13.1 Å². The summed E-state index contributed by atoms with van der Waals surface area (Å²) in [7, 11) is 0. The lowest BCUT2D eigenvalue weighted by Crippen LogP contribution is -2.50. The van der Waals surface area contributed by atoms with Crippen molar-refractivity contribution in [3.63, 3.8) is 0 Å². The van der Waals surface area contributed by atoms with Crippen molar-refractivity contribution in [1.82, 2.24) is 24.8 Å². The van der Waals surface area contributed by atoms with E-state index < -0.39 is 40.6 Å². The van der Waals surface area contributed by atoms with Gasteiger partial charge in [0.25, 0.3) is 5.91 Å². The molecule has 0 fully saturated rings. The summed E-state index contributed by atoms with van der Waals surface area (Å²) >= 11 is 13.3. The molecule has 0 N–H and O–H groups in total. The van der Waals surface area contributed by atoms with Crippen LogP contribution in [0.15, 0.2) is 28.1 Å². The van der Waals surface area contributed by atoms with Crippen molar-refractivity contribution in [2.75, 3.05) is 6.26 Å². The maximum absolute atomic E-state index is 14.3. The zero-order chi connectivity index (χ0) is 22.9. The fourth-order valence-corrected chi connectivity index (χ4v) is 3.75. The van der Waals surface area contributed by atoms with Crippen LogP contribution in [0.4, 0.5) is 4.39 Å². The van der Waals surface area contributed by atoms with E-state index in [1.807, 2.05) is 0 Å². The predicted molar refractivity (Wildman–Crippen MR) is 112 cm³/mol. The molecule has 13 heteroatoms. The fourth-order valence-electron chi connectivity index (χ4n) is 2.84. The van der Waals surface area contributed by atoms with Gasteiger partial charge < -0.3 is 0 Å². The van der Waals surface area contributed by atoms with E-state index in [2.05, 4.69) is 24.9 Å². The molecule has 9 nitrogen and oxygen atoms in total. The van der Waals surface area contributed by atoms with Crippen LogP contribution in [0.1, 0.15) is 33.5 Å². The minimum atomic E-state index is -1.40. The number of nitrogens with zero attached hydrogens (tertiary/aromatic N) is 6. The second kappa shape index (κ2) is 9.19. The number of rotatable bonds is 4. The zero-order valence-electron chi connectivity index (χ0n) is 16.3. The van der Waals surface area contributed by atoms with Crippen molar-refractivity contribution in [2.45, 2.75) is 31.1 Å². The third kappa shape index (κ3) is 4.35. The van der Waals surface area contributed by atoms with E-state index in [0.29, 0.717) is 5.82 Å². The van der Waals surface area contributed by atoms with Gasteiger partial charge in [-0.2, -0.15) is 9.37 Å². The van der Waals surface area contributed by atoms with E-state index in [-0.39, 0.29) is 21.4 Å². The number of carbonyl (C=O) groups is 2. The maximum atomic E-state index is 14.3. The van der Waals surface area contributed by atoms with Gasteiger partial charge in [0.15, 0.2) is 10.9 Å². The number of amidine groups is 1. The van der Waals surface area contributed by atoms with E-state index in [9.17, 15) is 18.8 Å². The molecule has 0 aromatic carbocycles. The monoisotopic (exact) mass is 482 g/mol. The molecular weight excluding hydrogens is 470 g/mol. The van der Waals surface area contributed by atoms with Crippen molar-refractivity contribution < 1.29 is 18.8 Å². The van der Waals surface area contributed by atoms with Gasteiger partial charge in [-0.15, -0.1) is 0 Å². The highest BCUT2D eigenvalue weighted by Crippen LogP contribution is 2.28. The molecule has 0 radical (unpaired) electrons. The molecule has 1 aliphatic rings. The number of aromatic nitrogens is 4. The van der Waals surface area contributed by atoms with Gasteiger partial charge in [0.2, 0.25) is 11.2 Å². The third-order valence-electron chi connectivity index (χ3n) is 4.41. The Morgan fingerprint density at radius 2 is 1.87 bits per heavy atom. The standard InChI is InChI=1S/C18H13Cl2FN6O3S/c1-7-11(6-28)12(13(29)9-4-22-8(2)24-14(9)19)25-17(20)27(7)16(30)10-5-23-18(31-3)26-15(10)21/h4-5,7,12H,1-3H3. The van der Waals surface area contributed by atoms with Crippen molar-refractivity contribution in [3.8, 4) is 0 Å². The summed E-state index contributed by atoms with van der Waals surface area (Å²) in [5, 5.41) is -0.405. The second-order valence-corrected chi connectivity index (χ2v) is 7.73. The Balaban J connectivity index is 2.01. The van der Waals surface area contributed by atoms with Crippen LogP contribution in [-0.2, 0) is 4.79 Å². The van der Waals surface area contributed by atoms with Gasteiger partial charge in [0.1, 0.15) is 28.5 Å². The fraction of sp³-hybridized carbons (Fsp3) is 0.278. The van der Waals surface area contributed by atoms with Gasteiger partial charge in [-0.05, 0) is 31.7 Å². The highest BCUT2D eigenvalue weighted by atomic mass is 35.5. The average Bonchev–Trinajstić information content (AvgIpc) is 2.72. The van der Waals surface area contributed by atoms with Gasteiger partial charge in [-0.25, -0.2) is 24.7 Å². The molecular formula is C18H13Cl2FN6O3S. The van der Waals surface area contributed by atoms with Crippen LogP contribution >= 0.6 is 35.0 Å². The van der Waals surface area contributed by atoms with E-state index in [0.717, 1.165) is 22.9 Å². The maximum Gasteiger partial charge on any atom is 0.266 e. The normalized spacial score (nSPS) is 18.5. The summed E-state index contributed by atoms with van der Waals surface area (Å²) in [5.41, 5.74) is -0.734. The van der Waals surface area contributed by atoms with Crippen LogP contribution in [0.5, 0.6) is 0 Å². The van der Waals surface area contributed by atoms with Crippen LogP contribution in [0, 0.1) is 12.9 Å². The molecule has 2 unspecified atom stereocenters. The molecule has 0 aliphatic carbocycles. The largest absolute Gasteiger partial charge is 0.291 e. The molecule has 2 atom stereocenters. The first kappa shape index (κ1) is 23.0. The Hall–Kier alpha value is -2.72. The van der Waals surface area contributed by atoms with E-state index in [1.54, 1.807) is 19.1 Å². The minimum absolute atomic E-state index is 0.0719. The number of aryl methyl sites for hydroxylation is 1. The first-order chi connectivity index (χ1) is 14.7. The quantitative estimate of drug-likeness (QED) is 0.163. The Kier molecular flexibility index (Phi) is 6.80. The first-order valence-electron chi connectivity index (χ1n) is 8.61. The van der Waals surface area contributed by atoms with Crippen molar-refractivity contribution in [1.29, 1.82) is 0 Å². The van der Waals surface area contributed by atoms with Crippen molar-refractivity contribution in [3.05, 3.63) is 46.0 Å². The molecule has 1 aliphatic heterocycles. The van der Waals surface area contributed by atoms with Crippen molar-refractivity contribution in [2.24, 2.45) is 4.99 Å². The Bertz CT molecular complexity index is 1170. The van der Waals surface area contributed by atoms with Crippen LogP contribution in [0.2, 0.25) is 5.15 Å². The molecule has 1 amide bonds. The molecule has 0 bridgehead atoms. The lowest BCUT2D eigenvalue weighted by molar-refractivity contribution is 0.0803. The lowest BCUT2D eigenvalue weighted by Gasteiger charge is -2.34. The summed E-state index contributed by atoms with van der Waals surface area (Å²) in [6.45, 7) is 3.02. The SMILES string of the molecule is CSc1ncc(C(=O)N2C(Cl)=NC(C(=O)c3cnc(C)nc3Cl)C(=C=O)C2C)c(F)n1. The number of Topliss-reactive ketones (excluding diaryl/α,β-unsaturated/α-hetero) is 1. The highest BCUT2D eigenvalue weighted by molar-refractivity contribution is 7.98. The summed E-state index contributed by atoms with van der Waals surface area (Å²) in [6.07, 6.45) is 3.87. The number of hydrogen-bond donors (Lipinski definition) is 0. The molecule has 2 aromatic rings. The molecule has 0 saturated carbocycles. The summed E-state index contributed by atoms with van der Waals surface area (Å²) in [6, 6.07) is -2.46. The number of aliphatic imine (C=N–C) groups is 1. The summed E-state index contributed by atoms with van der Waals surface area (Å²) < 4.78 is 14.3. The van der Waals surface area contributed by atoms with Crippen molar-refractivity contribution >= 4 is 57.9 Å². The Morgan fingerprint density at radius 3 is 2.45 bits per heavy atom. The smallest absolute Gasteiger partial charge is 0.266 e. The molecule has 3 rings (SSSR count). The molecule has 0 saturated heterocycles. The summed E-state index contributed by atoms with van der Waals surface area (Å²) in [5.74, 6) is -0.684. The topological polar surface area (TPSA) is 118 Å². The molecule has 31 heavy (non-hydrogen) atoms. The first-order valence-corrected chi connectivity index (χ1v) is 10.6. The van der Waals surface area contributed by atoms with Crippen LogP contribution in [-0.4, -0.2) is 66.1 Å². The number of amides is 1. The number of halogens is 3. The zero-order valence-corrected chi connectivity index (χ0v) is 18.6. The Labute approximate surface area is 189 Å². The third-order valence-corrected chi connectivity index (χ3v) is 5.54.